The maximum absolute atomic E-state index is 11.1. The van der Waals surface area contributed by atoms with Crippen LogP contribution in [0.4, 0.5) is 17.1 Å². The van der Waals surface area contributed by atoms with Gasteiger partial charge < -0.3 is 16.4 Å². The van der Waals surface area contributed by atoms with Crippen molar-refractivity contribution in [3.05, 3.63) is 28.3 Å². The second-order valence-corrected chi connectivity index (χ2v) is 4.74. The molecule has 0 aliphatic heterocycles. The number of anilines is 2. The zero-order valence-corrected chi connectivity index (χ0v) is 11.0. The van der Waals surface area contributed by atoms with E-state index in [0.29, 0.717) is 18.2 Å². The van der Waals surface area contributed by atoms with E-state index >= 15 is 0 Å². The van der Waals surface area contributed by atoms with Crippen LogP contribution in [0.15, 0.2) is 18.2 Å². The van der Waals surface area contributed by atoms with E-state index in [1.807, 2.05) is 13.8 Å². The summed E-state index contributed by atoms with van der Waals surface area (Å²) < 4.78 is 0. The first-order valence-electron chi connectivity index (χ1n) is 5.88. The number of nitrogens with zero attached hydrogens (tertiary/aromatic N) is 2. The van der Waals surface area contributed by atoms with Crippen LogP contribution in [0.2, 0.25) is 0 Å². The number of nitro groups is 1. The minimum atomic E-state index is -0.542. The third kappa shape index (κ3) is 4.13. The van der Waals surface area contributed by atoms with Gasteiger partial charge in [-0.2, -0.15) is 0 Å². The van der Waals surface area contributed by atoms with Crippen molar-refractivity contribution in [2.75, 3.05) is 23.7 Å². The van der Waals surface area contributed by atoms with Gasteiger partial charge in [-0.25, -0.2) is 0 Å². The predicted octanol–water partition coefficient (Wildman–Crippen LogP) is 1.12. The van der Waals surface area contributed by atoms with Gasteiger partial charge in [-0.1, -0.05) is 13.8 Å². The number of hydrogen-bond acceptors (Lipinski definition) is 5. The Morgan fingerprint density at radius 3 is 2.53 bits per heavy atom. The fourth-order valence-electron chi connectivity index (χ4n) is 1.80. The van der Waals surface area contributed by atoms with Crippen molar-refractivity contribution in [3.63, 3.8) is 0 Å². The van der Waals surface area contributed by atoms with E-state index < -0.39 is 10.8 Å². The van der Waals surface area contributed by atoms with Crippen LogP contribution in [-0.4, -0.2) is 23.9 Å². The highest BCUT2D eigenvalue weighted by atomic mass is 16.6. The Kier molecular flexibility index (Phi) is 4.68. The Morgan fingerprint density at radius 2 is 2.11 bits per heavy atom. The van der Waals surface area contributed by atoms with Crippen LogP contribution in [0.5, 0.6) is 0 Å². The molecule has 0 spiro atoms. The first-order chi connectivity index (χ1) is 8.81. The molecule has 1 rings (SSSR count). The monoisotopic (exact) mass is 266 g/mol. The molecule has 0 unspecified atom stereocenters. The van der Waals surface area contributed by atoms with Gasteiger partial charge in [0.1, 0.15) is 5.69 Å². The van der Waals surface area contributed by atoms with Crippen LogP contribution in [0.25, 0.3) is 0 Å². The van der Waals surface area contributed by atoms with Gasteiger partial charge in [0.05, 0.1) is 11.5 Å². The van der Waals surface area contributed by atoms with Crippen molar-refractivity contribution in [3.8, 4) is 0 Å². The Hall–Kier alpha value is -2.31. The molecule has 1 aromatic carbocycles. The second kappa shape index (κ2) is 6.03. The molecule has 104 valence electrons. The molecule has 0 aromatic heterocycles. The van der Waals surface area contributed by atoms with Gasteiger partial charge in [0.2, 0.25) is 5.91 Å². The van der Waals surface area contributed by atoms with Gasteiger partial charge in [-0.15, -0.1) is 0 Å². The molecule has 0 aliphatic carbocycles. The topological polar surface area (TPSA) is 115 Å². The van der Waals surface area contributed by atoms with Gasteiger partial charge in [0.25, 0.3) is 5.69 Å². The summed E-state index contributed by atoms with van der Waals surface area (Å²) in [6.45, 7) is 4.67. The molecule has 0 aliphatic rings. The number of nitrogens with two attached hydrogens (primary N) is 2. The lowest BCUT2D eigenvalue weighted by atomic mass is 10.1. The molecule has 0 fully saturated rings. The molecule has 19 heavy (non-hydrogen) atoms. The summed E-state index contributed by atoms with van der Waals surface area (Å²) in [5.41, 5.74) is 11.4. The maximum Gasteiger partial charge on any atom is 0.292 e. The summed E-state index contributed by atoms with van der Waals surface area (Å²) in [6, 6.07) is 4.39. The van der Waals surface area contributed by atoms with E-state index in [-0.39, 0.29) is 17.9 Å². The number of nitro benzene ring substituents is 1. The van der Waals surface area contributed by atoms with Crippen molar-refractivity contribution in [2.45, 2.75) is 13.8 Å². The molecule has 0 saturated heterocycles. The van der Waals surface area contributed by atoms with Crippen molar-refractivity contribution >= 4 is 23.0 Å². The van der Waals surface area contributed by atoms with Gasteiger partial charge in [-0.05, 0) is 18.1 Å². The molecule has 0 saturated carbocycles. The lowest BCUT2D eigenvalue weighted by molar-refractivity contribution is -0.383. The number of rotatable bonds is 6. The number of amides is 1. The molecular weight excluding hydrogens is 248 g/mol. The largest absolute Gasteiger partial charge is 0.393 e. The normalized spacial score (nSPS) is 10.5. The van der Waals surface area contributed by atoms with Crippen LogP contribution >= 0.6 is 0 Å². The van der Waals surface area contributed by atoms with Crippen molar-refractivity contribution in [2.24, 2.45) is 11.7 Å². The standard InChI is InChI=1S/C12H18N4O3/c1-8(2)6-15(7-12(14)17)9-3-4-11(16(18)19)10(13)5-9/h3-5,8H,6-7,13H2,1-2H3,(H2,14,17). The van der Waals surface area contributed by atoms with E-state index in [0.717, 1.165) is 0 Å². The van der Waals surface area contributed by atoms with Gasteiger partial charge in [0.15, 0.2) is 0 Å². The minimum Gasteiger partial charge on any atom is -0.393 e. The highest BCUT2D eigenvalue weighted by Crippen LogP contribution is 2.27. The van der Waals surface area contributed by atoms with E-state index in [4.69, 9.17) is 11.5 Å². The predicted molar refractivity (Wildman–Crippen MR) is 73.8 cm³/mol. The van der Waals surface area contributed by atoms with Gasteiger partial charge in [0, 0.05) is 18.3 Å². The minimum absolute atomic E-state index is 0.0510. The molecule has 1 amide bonds. The third-order valence-electron chi connectivity index (χ3n) is 2.51. The summed E-state index contributed by atoms with van der Waals surface area (Å²) >= 11 is 0. The Labute approximate surface area is 111 Å². The lowest BCUT2D eigenvalue weighted by Crippen LogP contribution is -2.36. The fraction of sp³-hybridized carbons (Fsp3) is 0.417. The molecular formula is C12H18N4O3. The number of hydrogen-bond donors (Lipinski definition) is 2. The van der Waals surface area contributed by atoms with Crippen LogP contribution < -0.4 is 16.4 Å². The Bertz CT molecular complexity index is 488. The number of benzene rings is 1. The van der Waals surface area contributed by atoms with E-state index in [2.05, 4.69) is 0 Å². The Morgan fingerprint density at radius 1 is 1.47 bits per heavy atom. The zero-order valence-electron chi connectivity index (χ0n) is 11.0. The lowest BCUT2D eigenvalue weighted by Gasteiger charge is -2.25. The van der Waals surface area contributed by atoms with Crippen LogP contribution in [0.1, 0.15) is 13.8 Å². The summed E-state index contributed by atoms with van der Waals surface area (Å²) in [7, 11) is 0. The van der Waals surface area contributed by atoms with E-state index in [9.17, 15) is 14.9 Å². The number of carbonyl (C=O) groups is 1. The number of carbonyl (C=O) groups excluding carboxylic acids is 1. The molecule has 0 bridgehead atoms. The molecule has 0 radical (unpaired) electrons. The number of primary amides is 1. The molecule has 7 heteroatoms. The van der Waals surface area contributed by atoms with Crippen molar-refractivity contribution in [1.29, 1.82) is 0 Å². The van der Waals surface area contributed by atoms with Gasteiger partial charge in [-0.3, -0.25) is 14.9 Å². The average Bonchev–Trinajstić information content (AvgIpc) is 2.26. The molecule has 7 nitrogen and oxygen atoms in total. The van der Waals surface area contributed by atoms with Crippen LogP contribution in [0, 0.1) is 16.0 Å². The molecule has 0 heterocycles. The average molecular weight is 266 g/mol. The summed E-state index contributed by atoms with van der Waals surface area (Å²) in [5, 5.41) is 10.7. The maximum atomic E-state index is 11.1. The first-order valence-corrected chi connectivity index (χ1v) is 5.88. The fourth-order valence-corrected chi connectivity index (χ4v) is 1.80. The molecule has 1 aromatic rings. The molecule has 4 N–H and O–H groups in total. The van der Waals surface area contributed by atoms with E-state index in [1.54, 1.807) is 11.0 Å². The van der Waals surface area contributed by atoms with Crippen LogP contribution in [-0.2, 0) is 4.79 Å². The highest BCUT2D eigenvalue weighted by Gasteiger charge is 2.16. The number of nitrogen functional groups attached to an aromatic ring is 1. The SMILES string of the molecule is CC(C)CN(CC(N)=O)c1ccc([N+](=O)[O-])c(N)c1. The smallest absolute Gasteiger partial charge is 0.292 e. The quantitative estimate of drug-likeness (QED) is 0.455. The molecule has 0 atom stereocenters. The van der Waals surface area contributed by atoms with Crippen molar-refractivity contribution in [1.82, 2.24) is 0 Å². The first kappa shape index (κ1) is 14.7. The zero-order chi connectivity index (χ0) is 14.6. The van der Waals surface area contributed by atoms with Gasteiger partial charge >= 0.3 is 0 Å². The summed E-state index contributed by atoms with van der Waals surface area (Å²) in [5.74, 6) is -0.145. The highest BCUT2D eigenvalue weighted by molar-refractivity contribution is 5.80. The second-order valence-electron chi connectivity index (χ2n) is 4.74. The van der Waals surface area contributed by atoms with Crippen molar-refractivity contribution < 1.29 is 9.72 Å². The summed E-state index contributed by atoms with van der Waals surface area (Å²) in [4.78, 5) is 23.0. The summed E-state index contributed by atoms with van der Waals surface area (Å²) in [6.07, 6.45) is 0. The van der Waals surface area contributed by atoms with E-state index in [1.165, 1.54) is 12.1 Å². The van der Waals surface area contributed by atoms with Crippen LogP contribution in [0.3, 0.4) is 0 Å². The Balaban J connectivity index is 3.05. The third-order valence-corrected chi connectivity index (χ3v) is 2.51.